The van der Waals surface area contributed by atoms with Gasteiger partial charge in [0.2, 0.25) is 5.16 Å². The molecule has 0 aliphatic carbocycles. The normalized spacial score (nSPS) is 12.6. The Kier molecular flexibility index (Phi) is 5.14. The fourth-order valence-electron chi connectivity index (χ4n) is 1.90. The molecule has 4 nitrogen and oxygen atoms in total. The minimum atomic E-state index is -0.236. The third-order valence-electron chi connectivity index (χ3n) is 2.93. The summed E-state index contributed by atoms with van der Waals surface area (Å²) >= 11 is 1.25. The van der Waals surface area contributed by atoms with Crippen LogP contribution in [-0.2, 0) is 0 Å². The number of aromatic nitrogens is 3. The van der Waals surface area contributed by atoms with Crippen molar-refractivity contribution in [2.24, 2.45) is 0 Å². The van der Waals surface area contributed by atoms with Crippen LogP contribution in [0.4, 0.5) is 4.39 Å². The Bertz CT molecular complexity index is 570. The smallest absolute Gasteiger partial charge is 0.213 e. The first-order valence-electron chi connectivity index (χ1n) is 6.70. The molecule has 0 amide bonds. The lowest BCUT2D eigenvalue weighted by Gasteiger charge is -2.17. The summed E-state index contributed by atoms with van der Waals surface area (Å²) in [6.07, 6.45) is 1.04. The lowest BCUT2D eigenvalue weighted by atomic mass is 10.1. The first-order valence-corrected chi connectivity index (χ1v) is 7.52. The van der Waals surface area contributed by atoms with Gasteiger partial charge in [0.15, 0.2) is 0 Å². The number of nitrogens with zero attached hydrogens (tertiary/aromatic N) is 2. The highest BCUT2D eigenvalue weighted by molar-refractivity contribution is 7.99. The Labute approximate surface area is 122 Å². The van der Waals surface area contributed by atoms with Crippen LogP contribution in [0.1, 0.15) is 37.7 Å². The third-order valence-corrected chi connectivity index (χ3v) is 3.93. The number of aryl methyl sites for hydroxylation is 1. The summed E-state index contributed by atoms with van der Waals surface area (Å²) in [4.78, 5) is 4.80. The second kappa shape index (κ2) is 6.85. The van der Waals surface area contributed by atoms with Crippen molar-refractivity contribution in [2.45, 2.75) is 43.3 Å². The molecule has 2 aromatic rings. The summed E-state index contributed by atoms with van der Waals surface area (Å²) in [7, 11) is 0. The van der Waals surface area contributed by atoms with Crippen molar-refractivity contribution in [1.29, 1.82) is 0 Å². The number of aromatic amines is 1. The maximum absolute atomic E-state index is 14.1. The van der Waals surface area contributed by atoms with E-state index in [4.69, 9.17) is 0 Å². The fourth-order valence-corrected chi connectivity index (χ4v) is 2.89. The van der Waals surface area contributed by atoms with E-state index in [1.54, 1.807) is 6.07 Å². The fraction of sp³-hybridized carbons (Fsp3) is 0.429. The highest BCUT2D eigenvalue weighted by atomic mass is 32.2. The van der Waals surface area contributed by atoms with E-state index in [1.165, 1.54) is 17.8 Å². The van der Waals surface area contributed by atoms with E-state index < -0.39 is 0 Å². The molecule has 0 fully saturated rings. The summed E-state index contributed by atoms with van der Waals surface area (Å²) < 4.78 is 14.1. The lowest BCUT2D eigenvalue weighted by Crippen LogP contribution is -2.20. The van der Waals surface area contributed by atoms with Crippen molar-refractivity contribution < 1.29 is 4.39 Å². The van der Waals surface area contributed by atoms with Crippen LogP contribution in [-0.4, -0.2) is 21.7 Å². The molecule has 1 aromatic carbocycles. The van der Waals surface area contributed by atoms with E-state index in [2.05, 4.69) is 27.4 Å². The van der Waals surface area contributed by atoms with E-state index in [0.29, 0.717) is 10.1 Å². The van der Waals surface area contributed by atoms with Crippen LogP contribution in [0.5, 0.6) is 0 Å². The number of hydrogen-bond acceptors (Lipinski definition) is 4. The van der Waals surface area contributed by atoms with Crippen molar-refractivity contribution in [3.8, 4) is 0 Å². The van der Waals surface area contributed by atoms with Crippen LogP contribution in [0, 0.1) is 12.7 Å². The summed E-state index contributed by atoms with van der Waals surface area (Å²) in [5.41, 5.74) is 0.936. The van der Waals surface area contributed by atoms with Gasteiger partial charge in [0.25, 0.3) is 0 Å². The van der Waals surface area contributed by atoms with Gasteiger partial charge in [0.05, 0.1) is 4.90 Å². The van der Waals surface area contributed by atoms with Gasteiger partial charge >= 0.3 is 0 Å². The van der Waals surface area contributed by atoms with Gasteiger partial charge in [-0.2, -0.15) is 0 Å². The molecule has 0 saturated heterocycles. The molecule has 0 aliphatic rings. The number of H-pyrrole nitrogens is 1. The molecule has 1 unspecified atom stereocenters. The molecule has 0 saturated carbocycles. The molecule has 1 heterocycles. The Morgan fingerprint density at radius 3 is 2.90 bits per heavy atom. The number of halogens is 1. The average molecular weight is 294 g/mol. The van der Waals surface area contributed by atoms with E-state index >= 15 is 0 Å². The molecule has 0 spiro atoms. The zero-order chi connectivity index (χ0) is 14.5. The van der Waals surface area contributed by atoms with Crippen LogP contribution in [0.15, 0.2) is 28.3 Å². The first-order chi connectivity index (χ1) is 9.61. The Morgan fingerprint density at radius 1 is 1.45 bits per heavy atom. The highest BCUT2D eigenvalue weighted by Crippen LogP contribution is 2.33. The van der Waals surface area contributed by atoms with E-state index in [-0.39, 0.29) is 11.9 Å². The standard InChI is InChI=1S/C14H19FN4S/c1-4-8-16-9(2)11-6-5-7-12(15)13(11)20-14-17-10(3)18-19-14/h5-7,9,16H,4,8H2,1-3H3,(H,17,18,19). The van der Waals surface area contributed by atoms with Gasteiger partial charge in [-0.1, -0.05) is 19.1 Å². The molecule has 6 heteroatoms. The largest absolute Gasteiger partial charge is 0.310 e. The van der Waals surface area contributed by atoms with Crippen molar-refractivity contribution in [3.05, 3.63) is 35.4 Å². The molecular weight excluding hydrogens is 275 g/mol. The second-order valence-electron chi connectivity index (χ2n) is 4.64. The zero-order valence-electron chi connectivity index (χ0n) is 11.9. The topological polar surface area (TPSA) is 53.6 Å². The predicted octanol–water partition coefficient (Wildman–Crippen LogP) is 3.46. The number of hydrogen-bond donors (Lipinski definition) is 2. The number of rotatable bonds is 6. The maximum atomic E-state index is 14.1. The van der Waals surface area contributed by atoms with Gasteiger partial charge in [0, 0.05) is 6.04 Å². The van der Waals surface area contributed by atoms with Crippen LogP contribution in [0.3, 0.4) is 0 Å². The van der Waals surface area contributed by atoms with Crippen molar-refractivity contribution in [1.82, 2.24) is 20.5 Å². The molecule has 0 bridgehead atoms. The minimum Gasteiger partial charge on any atom is -0.310 e. The molecule has 108 valence electrons. The summed E-state index contributed by atoms with van der Waals surface area (Å²) in [6, 6.07) is 5.24. The van der Waals surface area contributed by atoms with Gasteiger partial charge in [-0.3, -0.25) is 5.10 Å². The second-order valence-corrected chi connectivity index (χ2v) is 5.62. The van der Waals surface area contributed by atoms with Crippen molar-refractivity contribution in [2.75, 3.05) is 6.54 Å². The Morgan fingerprint density at radius 2 is 2.25 bits per heavy atom. The first kappa shape index (κ1) is 15.0. The van der Waals surface area contributed by atoms with Crippen LogP contribution in [0.25, 0.3) is 0 Å². The molecule has 20 heavy (non-hydrogen) atoms. The van der Waals surface area contributed by atoms with Crippen molar-refractivity contribution in [3.63, 3.8) is 0 Å². The molecular formula is C14H19FN4S. The summed E-state index contributed by atoms with van der Waals surface area (Å²) in [5, 5.41) is 10.7. The minimum absolute atomic E-state index is 0.0909. The third kappa shape index (κ3) is 3.58. The van der Waals surface area contributed by atoms with Gasteiger partial charge < -0.3 is 5.32 Å². The van der Waals surface area contributed by atoms with Crippen LogP contribution in [0.2, 0.25) is 0 Å². The average Bonchev–Trinajstić information content (AvgIpc) is 2.84. The van der Waals surface area contributed by atoms with Gasteiger partial charge in [0.1, 0.15) is 11.6 Å². The van der Waals surface area contributed by atoms with E-state index in [1.807, 2.05) is 19.9 Å². The SMILES string of the molecule is CCCNC(C)c1cccc(F)c1Sc1n[nH]c(C)n1. The Hall–Kier alpha value is -1.40. The van der Waals surface area contributed by atoms with E-state index in [9.17, 15) is 4.39 Å². The van der Waals surface area contributed by atoms with Crippen LogP contribution >= 0.6 is 11.8 Å². The molecule has 1 atom stereocenters. The van der Waals surface area contributed by atoms with Crippen LogP contribution < -0.4 is 5.32 Å². The molecule has 1 aromatic heterocycles. The van der Waals surface area contributed by atoms with E-state index in [0.717, 1.165) is 24.4 Å². The zero-order valence-corrected chi connectivity index (χ0v) is 12.7. The maximum Gasteiger partial charge on any atom is 0.213 e. The molecule has 2 rings (SSSR count). The highest BCUT2D eigenvalue weighted by Gasteiger charge is 2.16. The summed E-state index contributed by atoms with van der Waals surface area (Å²) in [6.45, 7) is 6.88. The van der Waals surface area contributed by atoms with Gasteiger partial charge in [-0.15, -0.1) is 5.10 Å². The molecule has 0 aliphatic heterocycles. The summed E-state index contributed by atoms with van der Waals surface area (Å²) in [5.74, 6) is 0.489. The predicted molar refractivity (Wildman–Crippen MR) is 78.4 cm³/mol. The monoisotopic (exact) mass is 294 g/mol. The molecule has 2 N–H and O–H groups in total. The van der Waals surface area contributed by atoms with Gasteiger partial charge in [-0.05, 0) is 50.2 Å². The quantitative estimate of drug-likeness (QED) is 0.856. The van der Waals surface area contributed by atoms with Gasteiger partial charge in [-0.25, -0.2) is 9.37 Å². The molecule has 0 radical (unpaired) electrons. The number of benzene rings is 1. The number of nitrogens with one attached hydrogen (secondary N) is 2. The lowest BCUT2D eigenvalue weighted by molar-refractivity contribution is 0.543. The van der Waals surface area contributed by atoms with Crippen molar-refractivity contribution >= 4 is 11.8 Å². The Balaban J connectivity index is 2.26.